The Morgan fingerprint density at radius 2 is 2.18 bits per heavy atom. The maximum Gasteiger partial charge on any atom is 0.125 e. The largest absolute Gasteiger partial charge is 0.371 e. The Hall–Kier alpha value is -1.76. The number of benzene rings is 1. The van der Waals surface area contributed by atoms with Gasteiger partial charge in [-0.2, -0.15) is 5.26 Å². The van der Waals surface area contributed by atoms with Crippen molar-refractivity contribution in [3.8, 4) is 6.07 Å². The lowest BCUT2D eigenvalue weighted by atomic mass is 10.1. The number of unbranched alkanes of at least 4 members (excludes halogenated alkanes) is 1. The van der Waals surface area contributed by atoms with Crippen molar-refractivity contribution in [1.82, 2.24) is 0 Å². The van der Waals surface area contributed by atoms with E-state index in [9.17, 15) is 4.39 Å². The van der Waals surface area contributed by atoms with Crippen molar-refractivity contribution >= 4 is 11.4 Å². The van der Waals surface area contributed by atoms with Crippen LogP contribution in [0.4, 0.5) is 15.8 Å². The van der Waals surface area contributed by atoms with Gasteiger partial charge in [0.1, 0.15) is 5.82 Å². The number of halogens is 1. The van der Waals surface area contributed by atoms with Crippen molar-refractivity contribution in [1.29, 1.82) is 5.26 Å². The average molecular weight is 233 g/mol. The third-order valence-corrected chi connectivity index (χ3v) is 3.11. The van der Waals surface area contributed by atoms with Gasteiger partial charge in [-0.05, 0) is 24.6 Å². The van der Waals surface area contributed by atoms with E-state index in [1.807, 2.05) is 13.1 Å². The molecule has 0 bridgehead atoms. The normalized spacial score (nSPS) is 14.4. The van der Waals surface area contributed by atoms with E-state index in [2.05, 4.69) is 15.9 Å². The Balaban J connectivity index is 2.18. The molecule has 1 aliphatic rings. The summed E-state index contributed by atoms with van der Waals surface area (Å²) in [5.41, 5.74) is 2.01. The number of nitriles is 1. The molecule has 0 saturated carbocycles. The van der Waals surface area contributed by atoms with Crippen LogP contribution in [0, 0.1) is 17.1 Å². The number of likely N-dealkylation sites (N-methyl/N-ethyl adjacent to an activating group) is 1. The van der Waals surface area contributed by atoms with Gasteiger partial charge in [-0.25, -0.2) is 4.39 Å². The van der Waals surface area contributed by atoms with E-state index >= 15 is 0 Å². The predicted octanol–water partition coefficient (Wildman–Crippen LogP) is 2.39. The van der Waals surface area contributed by atoms with E-state index in [-0.39, 0.29) is 5.82 Å². The second kappa shape index (κ2) is 5.05. The Morgan fingerprint density at radius 1 is 1.35 bits per heavy atom. The smallest absolute Gasteiger partial charge is 0.125 e. The first-order valence-corrected chi connectivity index (χ1v) is 5.85. The molecule has 0 fully saturated rings. The number of fused-ring (bicyclic) bond motifs is 1. The summed E-state index contributed by atoms with van der Waals surface area (Å²) in [6, 6.07) is 7.05. The summed E-state index contributed by atoms with van der Waals surface area (Å²) in [7, 11) is 1.98. The van der Waals surface area contributed by atoms with Gasteiger partial charge in [-0.1, -0.05) is 0 Å². The fourth-order valence-electron chi connectivity index (χ4n) is 2.16. The second-order valence-corrected chi connectivity index (χ2v) is 4.30. The standard InChI is InChI=1S/C13H16FN3/c1-16-8-9-17(7-3-2-6-15)12-5-4-11(14)10-13(12)16/h4-5,10H,2-3,7-9H2,1H3. The zero-order valence-electron chi connectivity index (χ0n) is 9.99. The molecule has 0 saturated heterocycles. The first-order chi connectivity index (χ1) is 8.22. The molecule has 2 rings (SSSR count). The summed E-state index contributed by atoms with van der Waals surface area (Å²) in [5, 5.41) is 8.54. The highest BCUT2D eigenvalue weighted by Crippen LogP contribution is 2.32. The van der Waals surface area contributed by atoms with Gasteiger partial charge < -0.3 is 9.80 Å². The first kappa shape index (κ1) is 11.7. The Morgan fingerprint density at radius 3 is 2.94 bits per heavy atom. The van der Waals surface area contributed by atoms with Crippen LogP contribution in [0.3, 0.4) is 0 Å². The molecule has 0 aromatic heterocycles. The van der Waals surface area contributed by atoms with Crippen LogP contribution >= 0.6 is 0 Å². The molecule has 0 N–H and O–H groups in total. The number of hydrogen-bond acceptors (Lipinski definition) is 3. The van der Waals surface area contributed by atoms with Gasteiger partial charge in [0.15, 0.2) is 0 Å². The molecule has 0 amide bonds. The number of nitrogens with zero attached hydrogens (tertiary/aromatic N) is 3. The van der Waals surface area contributed by atoms with E-state index in [4.69, 9.17) is 5.26 Å². The Kier molecular flexibility index (Phi) is 3.48. The van der Waals surface area contributed by atoms with Crippen molar-refractivity contribution < 1.29 is 4.39 Å². The van der Waals surface area contributed by atoms with Gasteiger partial charge in [0.25, 0.3) is 0 Å². The fourth-order valence-corrected chi connectivity index (χ4v) is 2.16. The highest BCUT2D eigenvalue weighted by atomic mass is 19.1. The van der Waals surface area contributed by atoms with Crippen LogP contribution in [-0.2, 0) is 0 Å². The zero-order chi connectivity index (χ0) is 12.3. The van der Waals surface area contributed by atoms with Crippen LogP contribution in [-0.4, -0.2) is 26.7 Å². The van der Waals surface area contributed by atoms with Crippen LogP contribution in [0.2, 0.25) is 0 Å². The van der Waals surface area contributed by atoms with Crippen molar-refractivity contribution in [3.63, 3.8) is 0 Å². The third kappa shape index (κ3) is 2.50. The predicted molar refractivity (Wildman–Crippen MR) is 66.7 cm³/mol. The Labute approximate surface area is 101 Å². The van der Waals surface area contributed by atoms with E-state index < -0.39 is 0 Å². The highest BCUT2D eigenvalue weighted by Gasteiger charge is 2.20. The zero-order valence-corrected chi connectivity index (χ0v) is 9.99. The van der Waals surface area contributed by atoms with Gasteiger partial charge >= 0.3 is 0 Å². The van der Waals surface area contributed by atoms with Crippen molar-refractivity contribution in [2.45, 2.75) is 12.8 Å². The van der Waals surface area contributed by atoms with Crippen molar-refractivity contribution in [2.75, 3.05) is 36.5 Å². The van der Waals surface area contributed by atoms with E-state index in [0.717, 1.165) is 37.4 Å². The summed E-state index contributed by atoms with van der Waals surface area (Å²) < 4.78 is 13.2. The molecule has 0 atom stereocenters. The fraction of sp³-hybridized carbons (Fsp3) is 0.462. The molecule has 17 heavy (non-hydrogen) atoms. The second-order valence-electron chi connectivity index (χ2n) is 4.30. The lowest BCUT2D eigenvalue weighted by Gasteiger charge is -2.37. The van der Waals surface area contributed by atoms with Crippen molar-refractivity contribution in [3.05, 3.63) is 24.0 Å². The highest BCUT2D eigenvalue weighted by molar-refractivity contribution is 5.73. The minimum atomic E-state index is -0.200. The third-order valence-electron chi connectivity index (χ3n) is 3.11. The van der Waals surface area contributed by atoms with Crippen molar-refractivity contribution in [2.24, 2.45) is 0 Å². The molecule has 0 radical (unpaired) electrons. The molecule has 0 spiro atoms. The summed E-state index contributed by atoms with van der Waals surface area (Å²) >= 11 is 0. The average Bonchev–Trinajstić information content (AvgIpc) is 2.33. The van der Waals surface area contributed by atoms with Crippen LogP contribution < -0.4 is 9.80 Å². The summed E-state index contributed by atoms with van der Waals surface area (Å²) in [5.74, 6) is -0.200. The minimum absolute atomic E-state index is 0.200. The van der Waals surface area contributed by atoms with Gasteiger partial charge in [0, 0.05) is 33.1 Å². The quantitative estimate of drug-likeness (QED) is 0.751. The van der Waals surface area contributed by atoms with Gasteiger partial charge in [0.2, 0.25) is 0 Å². The van der Waals surface area contributed by atoms with Crippen LogP contribution in [0.5, 0.6) is 0 Å². The minimum Gasteiger partial charge on any atom is -0.371 e. The van der Waals surface area contributed by atoms with E-state index in [1.165, 1.54) is 6.07 Å². The molecular formula is C13H16FN3. The first-order valence-electron chi connectivity index (χ1n) is 5.85. The van der Waals surface area contributed by atoms with Crippen LogP contribution in [0.1, 0.15) is 12.8 Å². The topological polar surface area (TPSA) is 30.3 Å². The molecule has 3 nitrogen and oxygen atoms in total. The SMILES string of the molecule is CN1CCN(CCCC#N)c2ccc(F)cc21. The molecule has 4 heteroatoms. The number of rotatable bonds is 3. The van der Waals surface area contributed by atoms with Crippen LogP contribution in [0.15, 0.2) is 18.2 Å². The van der Waals surface area contributed by atoms with Gasteiger partial charge in [0.05, 0.1) is 17.4 Å². The molecule has 90 valence electrons. The van der Waals surface area contributed by atoms with Crippen LogP contribution in [0.25, 0.3) is 0 Å². The monoisotopic (exact) mass is 233 g/mol. The van der Waals surface area contributed by atoms with E-state index in [0.29, 0.717) is 6.42 Å². The van der Waals surface area contributed by atoms with Gasteiger partial charge in [-0.15, -0.1) is 0 Å². The molecule has 1 aromatic rings. The summed E-state index contributed by atoms with van der Waals surface area (Å²) in [6.07, 6.45) is 1.43. The Bertz CT molecular complexity index is 439. The number of hydrogen-bond donors (Lipinski definition) is 0. The lowest BCUT2D eigenvalue weighted by molar-refractivity contribution is 0.623. The molecule has 0 aliphatic carbocycles. The number of anilines is 2. The van der Waals surface area contributed by atoms with E-state index in [1.54, 1.807) is 6.07 Å². The summed E-state index contributed by atoms with van der Waals surface area (Å²) in [6.45, 7) is 2.68. The maximum atomic E-state index is 13.2. The lowest BCUT2D eigenvalue weighted by Crippen LogP contribution is -2.39. The summed E-state index contributed by atoms with van der Waals surface area (Å²) in [4.78, 5) is 4.30. The van der Waals surface area contributed by atoms with Gasteiger partial charge in [-0.3, -0.25) is 0 Å². The molecule has 1 aliphatic heterocycles. The molecule has 0 unspecified atom stereocenters. The maximum absolute atomic E-state index is 13.2. The molecule has 1 aromatic carbocycles. The molecule has 1 heterocycles. The molecular weight excluding hydrogens is 217 g/mol.